The number of nitrogens with zero attached hydrogens (tertiary/aromatic N) is 5. The van der Waals surface area contributed by atoms with Crippen molar-refractivity contribution >= 4 is 38.8 Å². The Labute approximate surface area is 130 Å². The summed E-state index contributed by atoms with van der Waals surface area (Å²) in [4.78, 5) is 19.4. The summed E-state index contributed by atoms with van der Waals surface area (Å²) < 4.78 is 38.5. The molecule has 0 amide bonds. The van der Waals surface area contributed by atoms with E-state index in [-0.39, 0.29) is 10.3 Å². The summed E-state index contributed by atoms with van der Waals surface area (Å²) in [5, 5.41) is -0.889. The summed E-state index contributed by atoms with van der Waals surface area (Å²) in [6.45, 7) is 1.24. The van der Waals surface area contributed by atoms with E-state index in [1.165, 1.54) is 6.33 Å². The van der Waals surface area contributed by atoms with Crippen LogP contribution in [-0.4, -0.2) is 26.5 Å². The molecule has 4 heterocycles. The van der Waals surface area contributed by atoms with Crippen molar-refractivity contribution in [2.45, 2.75) is 19.1 Å². The fourth-order valence-electron chi connectivity index (χ4n) is 2.40. The number of halogens is 3. The van der Waals surface area contributed by atoms with Crippen molar-refractivity contribution in [2.75, 3.05) is 11.4 Å². The van der Waals surface area contributed by atoms with E-state index in [0.29, 0.717) is 30.2 Å². The number of thiazole rings is 2. The molecule has 0 saturated carbocycles. The summed E-state index contributed by atoms with van der Waals surface area (Å²) in [6.07, 6.45) is -2.42. The SMILES string of the molecule is FC(F)(F)c1nc2c(N3CCc4ncsc4C3)ncnc2s1. The average molecular weight is 343 g/mol. The van der Waals surface area contributed by atoms with Gasteiger partial charge < -0.3 is 4.90 Å². The van der Waals surface area contributed by atoms with Crippen LogP contribution in [-0.2, 0) is 19.1 Å². The van der Waals surface area contributed by atoms with Gasteiger partial charge in [-0.1, -0.05) is 11.3 Å². The molecule has 1 aliphatic rings. The number of fused-ring (bicyclic) bond motifs is 2. The highest BCUT2D eigenvalue weighted by molar-refractivity contribution is 7.18. The van der Waals surface area contributed by atoms with E-state index in [0.717, 1.165) is 17.0 Å². The van der Waals surface area contributed by atoms with Gasteiger partial charge in [0.15, 0.2) is 5.82 Å². The van der Waals surface area contributed by atoms with Crippen LogP contribution in [0.5, 0.6) is 0 Å². The highest BCUT2D eigenvalue weighted by atomic mass is 32.1. The fourth-order valence-corrected chi connectivity index (χ4v) is 3.99. The number of alkyl halides is 3. The van der Waals surface area contributed by atoms with E-state index < -0.39 is 11.2 Å². The van der Waals surface area contributed by atoms with Crippen molar-refractivity contribution in [3.63, 3.8) is 0 Å². The normalized spacial score (nSPS) is 15.3. The topological polar surface area (TPSA) is 54.8 Å². The first kappa shape index (κ1) is 13.8. The Morgan fingerprint density at radius 1 is 1.18 bits per heavy atom. The summed E-state index contributed by atoms with van der Waals surface area (Å²) in [7, 11) is 0. The van der Waals surface area contributed by atoms with Gasteiger partial charge in [-0.15, -0.1) is 11.3 Å². The number of anilines is 1. The van der Waals surface area contributed by atoms with Crippen molar-refractivity contribution in [3.05, 3.63) is 27.4 Å². The highest BCUT2D eigenvalue weighted by Gasteiger charge is 2.36. The summed E-state index contributed by atoms with van der Waals surface area (Å²) in [5.41, 5.74) is 3.06. The zero-order valence-electron chi connectivity index (χ0n) is 11.0. The van der Waals surface area contributed by atoms with Gasteiger partial charge in [0.1, 0.15) is 16.7 Å². The summed E-state index contributed by atoms with van der Waals surface area (Å²) in [6, 6.07) is 0. The largest absolute Gasteiger partial charge is 0.443 e. The smallest absolute Gasteiger partial charge is 0.349 e. The van der Waals surface area contributed by atoms with Crippen LogP contribution in [0.3, 0.4) is 0 Å². The molecule has 0 unspecified atom stereocenters. The van der Waals surface area contributed by atoms with Gasteiger partial charge in [-0.25, -0.2) is 19.9 Å². The highest BCUT2D eigenvalue weighted by Crippen LogP contribution is 2.37. The molecule has 114 valence electrons. The predicted octanol–water partition coefficient (Wildman–Crippen LogP) is 3.12. The van der Waals surface area contributed by atoms with Crippen molar-refractivity contribution in [2.24, 2.45) is 0 Å². The fraction of sp³-hybridized carbons (Fsp3) is 0.333. The molecule has 0 saturated heterocycles. The molecule has 0 radical (unpaired) electrons. The van der Waals surface area contributed by atoms with Crippen LogP contribution in [0.2, 0.25) is 0 Å². The van der Waals surface area contributed by atoms with Gasteiger partial charge in [-0.3, -0.25) is 0 Å². The third-order valence-electron chi connectivity index (χ3n) is 3.40. The zero-order valence-corrected chi connectivity index (χ0v) is 12.6. The Balaban J connectivity index is 1.78. The van der Waals surface area contributed by atoms with Crippen LogP contribution in [0.15, 0.2) is 11.8 Å². The van der Waals surface area contributed by atoms with Gasteiger partial charge >= 0.3 is 6.18 Å². The maximum atomic E-state index is 12.8. The third-order valence-corrected chi connectivity index (χ3v) is 5.26. The molecule has 0 aliphatic carbocycles. The van der Waals surface area contributed by atoms with E-state index in [1.807, 2.05) is 4.90 Å². The van der Waals surface area contributed by atoms with Crippen LogP contribution >= 0.6 is 22.7 Å². The summed E-state index contributed by atoms with van der Waals surface area (Å²) >= 11 is 2.09. The van der Waals surface area contributed by atoms with Crippen LogP contribution in [0.4, 0.5) is 19.0 Å². The molecule has 0 aromatic carbocycles. The lowest BCUT2D eigenvalue weighted by Gasteiger charge is -2.27. The quantitative estimate of drug-likeness (QED) is 0.679. The van der Waals surface area contributed by atoms with Crippen molar-refractivity contribution in [1.29, 1.82) is 0 Å². The average Bonchev–Trinajstić information content (AvgIpc) is 3.11. The Morgan fingerprint density at radius 3 is 2.86 bits per heavy atom. The van der Waals surface area contributed by atoms with E-state index >= 15 is 0 Å². The molecular formula is C12H8F3N5S2. The molecule has 0 spiro atoms. The minimum Gasteiger partial charge on any atom is -0.349 e. The lowest BCUT2D eigenvalue weighted by atomic mass is 10.2. The minimum absolute atomic E-state index is 0.216. The first-order chi connectivity index (χ1) is 10.5. The second-order valence-corrected chi connectivity index (χ2v) is 6.68. The Morgan fingerprint density at radius 2 is 2.05 bits per heavy atom. The molecular weight excluding hydrogens is 335 g/mol. The van der Waals surface area contributed by atoms with Gasteiger partial charge in [0.25, 0.3) is 0 Å². The molecule has 5 nitrogen and oxygen atoms in total. The van der Waals surface area contributed by atoms with Gasteiger partial charge in [0, 0.05) is 17.8 Å². The zero-order chi connectivity index (χ0) is 15.3. The lowest BCUT2D eigenvalue weighted by molar-refractivity contribution is -0.137. The Kier molecular flexibility index (Phi) is 3.05. The number of rotatable bonds is 1. The van der Waals surface area contributed by atoms with E-state index in [9.17, 15) is 13.2 Å². The second-order valence-electron chi connectivity index (χ2n) is 4.76. The molecule has 3 aromatic rings. The van der Waals surface area contributed by atoms with Crippen molar-refractivity contribution in [1.82, 2.24) is 19.9 Å². The maximum Gasteiger partial charge on any atom is 0.443 e. The second kappa shape index (κ2) is 4.85. The molecule has 4 rings (SSSR count). The van der Waals surface area contributed by atoms with E-state index in [4.69, 9.17) is 0 Å². The number of hydrogen-bond donors (Lipinski definition) is 0. The molecule has 0 bridgehead atoms. The number of aromatic nitrogens is 4. The van der Waals surface area contributed by atoms with Crippen molar-refractivity contribution in [3.8, 4) is 0 Å². The van der Waals surface area contributed by atoms with Gasteiger partial charge in [0.2, 0.25) is 5.01 Å². The Hall–Kier alpha value is -1.81. The molecule has 22 heavy (non-hydrogen) atoms. The molecule has 0 atom stereocenters. The van der Waals surface area contributed by atoms with Gasteiger partial charge in [-0.2, -0.15) is 13.2 Å². The molecule has 1 aliphatic heterocycles. The molecule has 0 fully saturated rings. The standard InChI is InChI=1S/C12H8F3N5S2/c13-12(14,15)11-19-8-9(16-4-17-10(8)22-11)20-2-1-6-7(3-20)21-5-18-6/h4-5H,1-3H2. The first-order valence-electron chi connectivity index (χ1n) is 6.37. The predicted molar refractivity (Wildman–Crippen MR) is 77.1 cm³/mol. The van der Waals surface area contributed by atoms with Crippen LogP contribution in [0, 0.1) is 0 Å². The monoisotopic (exact) mass is 343 g/mol. The van der Waals surface area contributed by atoms with E-state index in [1.54, 1.807) is 16.8 Å². The van der Waals surface area contributed by atoms with E-state index in [2.05, 4.69) is 19.9 Å². The van der Waals surface area contributed by atoms with Crippen LogP contribution in [0.25, 0.3) is 10.3 Å². The molecule has 0 N–H and O–H groups in total. The molecule has 10 heteroatoms. The Bertz CT molecular complexity index is 841. The number of hydrogen-bond acceptors (Lipinski definition) is 7. The third kappa shape index (κ3) is 2.22. The maximum absolute atomic E-state index is 12.8. The lowest BCUT2D eigenvalue weighted by Crippen LogP contribution is -2.30. The molecule has 3 aromatic heterocycles. The minimum atomic E-state index is -4.46. The van der Waals surface area contributed by atoms with Crippen molar-refractivity contribution < 1.29 is 13.2 Å². The van der Waals surface area contributed by atoms with Gasteiger partial charge in [-0.05, 0) is 0 Å². The summed E-state index contributed by atoms with van der Waals surface area (Å²) in [5.74, 6) is 0.454. The first-order valence-corrected chi connectivity index (χ1v) is 8.07. The van der Waals surface area contributed by atoms with Gasteiger partial charge in [0.05, 0.1) is 17.7 Å². The van der Waals surface area contributed by atoms with Crippen LogP contribution in [0.1, 0.15) is 15.6 Å². The van der Waals surface area contributed by atoms with Crippen LogP contribution < -0.4 is 4.90 Å².